The van der Waals surface area contributed by atoms with E-state index in [1.807, 2.05) is 0 Å². The highest BCUT2D eigenvalue weighted by atomic mass is 32.2. The molecule has 2 aromatic rings. The number of carbonyl (C=O) groups is 1. The lowest BCUT2D eigenvalue weighted by atomic mass is 10.2. The molecule has 22 heavy (non-hydrogen) atoms. The Morgan fingerprint density at radius 1 is 1.32 bits per heavy atom. The maximum Gasteiger partial charge on any atom is 0.416 e. The number of hydrogen-bond acceptors (Lipinski definition) is 6. The number of rotatable bonds is 4. The maximum absolute atomic E-state index is 12.6. The average molecular weight is 329 g/mol. The molecule has 1 heterocycles. The second-order valence-electron chi connectivity index (χ2n) is 4.04. The van der Waals surface area contributed by atoms with Crippen molar-refractivity contribution in [2.75, 3.05) is 16.8 Å². The molecule has 10 heteroatoms. The van der Waals surface area contributed by atoms with Crippen molar-refractivity contribution in [3.05, 3.63) is 36.2 Å². The summed E-state index contributed by atoms with van der Waals surface area (Å²) in [7, 11) is 0. The number of halogens is 3. The van der Waals surface area contributed by atoms with Crippen molar-refractivity contribution in [3.8, 4) is 0 Å². The third-order valence-corrected chi connectivity index (χ3v) is 3.24. The number of benzene rings is 1. The van der Waals surface area contributed by atoms with Crippen molar-refractivity contribution in [3.63, 3.8) is 0 Å². The summed E-state index contributed by atoms with van der Waals surface area (Å²) < 4.78 is 37.7. The van der Waals surface area contributed by atoms with Gasteiger partial charge in [-0.2, -0.15) is 18.2 Å². The van der Waals surface area contributed by atoms with Gasteiger partial charge in [0.15, 0.2) is 5.16 Å². The van der Waals surface area contributed by atoms with Crippen LogP contribution in [0.4, 0.5) is 24.8 Å². The smallest absolute Gasteiger partial charge is 0.368 e. The number of aromatic nitrogens is 3. The number of anilines is 2. The molecule has 0 aliphatic rings. The summed E-state index contributed by atoms with van der Waals surface area (Å²) in [5.74, 6) is -0.529. The Balaban J connectivity index is 1.95. The molecule has 116 valence electrons. The van der Waals surface area contributed by atoms with Crippen LogP contribution in [0.2, 0.25) is 0 Å². The molecule has 0 aliphatic carbocycles. The molecule has 1 amide bonds. The molecule has 1 aromatic heterocycles. The Bertz CT molecular complexity index is 680. The number of thioether (sulfide) groups is 1. The van der Waals surface area contributed by atoms with Crippen LogP contribution >= 0.6 is 11.8 Å². The molecule has 0 fully saturated rings. The van der Waals surface area contributed by atoms with E-state index in [1.54, 1.807) is 0 Å². The van der Waals surface area contributed by atoms with E-state index in [2.05, 4.69) is 20.3 Å². The van der Waals surface area contributed by atoms with E-state index in [1.165, 1.54) is 18.5 Å². The third kappa shape index (κ3) is 4.58. The topological polar surface area (TPSA) is 93.8 Å². The predicted octanol–water partition coefficient (Wildman–Crippen LogP) is 2.20. The van der Waals surface area contributed by atoms with Crippen LogP contribution in [-0.4, -0.2) is 26.6 Å². The molecule has 2 rings (SSSR count). The Morgan fingerprint density at radius 2 is 2.09 bits per heavy atom. The van der Waals surface area contributed by atoms with Crippen LogP contribution in [0.3, 0.4) is 0 Å². The van der Waals surface area contributed by atoms with Gasteiger partial charge >= 0.3 is 6.18 Å². The van der Waals surface area contributed by atoms with E-state index in [-0.39, 0.29) is 22.5 Å². The number of hydrogen-bond donors (Lipinski definition) is 2. The second kappa shape index (κ2) is 6.60. The first kappa shape index (κ1) is 16.0. The lowest BCUT2D eigenvalue weighted by molar-refractivity contribution is -0.137. The number of nitrogens with two attached hydrogens (primary N) is 1. The number of amides is 1. The predicted molar refractivity (Wildman–Crippen MR) is 75.0 cm³/mol. The van der Waals surface area contributed by atoms with Crippen LogP contribution < -0.4 is 11.1 Å². The number of nitrogens with one attached hydrogen (secondary N) is 1. The van der Waals surface area contributed by atoms with Crippen LogP contribution in [-0.2, 0) is 11.0 Å². The first-order valence-electron chi connectivity index (χ1n) is 5.89. The summed E-state index contributed by atoms with van der Waals surface area (Å²) in [6.07, 6.45) is -3.26. The van der Waals surface area contributed by atoms with Gasteiger partial charge in [-0.1, -0.05) is 17.8 Å². The normalized spacial score (nSPS) is 11.2. The van der Waals surface area contributed by atoms with Crippen molar-refractivity contribution < 1.29 is 18.0 Å². The van der Waals surface area contributed by atoms with E-state index < -0.39 is 17.6 Å². The van der Waals surface area contributed by atoms with Crippen molar-refractivity contribution in [2.24, 2.45) is 0 Å². The molecule has 0 radical (unpaired) electrons. The van der Waals surface area contributed by atoms with Gasteiger partial charge in [0.1, 0.15) is 6.33 Å². The Kier molecular flexibility index (Phi) is 4.81. The van der Waals surface area contributed by atoms with Crippen LogP contribution in [0, 0.1) is 0 Å². The van der Waals surface area contributed by atoms with Crippen LogP contribution in [0.5, 0.6) is 0 Å². The summed E-state index contributed by atoms with van der Waals surface area (Å²) in [4.78, 5) is 22.9. The lowest BCUT2D eigenvalue weighted by Gasteiger charge is -2.09. The molecule has 0 aliphatic heterocycles. The molecule has 1 aromatic carbocycles. The molecular formula is C12H10F3N5OS. The van der Waals surface area contributed by atoms with E-state index in [4.69, 9.17) is 5.73 Å². The van der Waals surface area contributed by atoms with Crippen molar-refractivity contribution in [1.29, 1.82) is 0 Å². The zero-order valence-corrected chi connectivity index (χ0v) is 11.8. The highest BCUT2D eigenvalue weighted by Crippen LogP contribution is 2.30. The molecule has 0 atom stereocenters. The highest BCUT2D eigenvalue weighted by Gasteiger charge is 2.30. The number of nitrogens with zero attached hydrogens (tertiary/aromatic N) is 3. The van der Waals surface area contributed by atoms with Gasteiger partial charge in [-0.15, -0.1) is 0 Å². The number of carbonyl (C=O) groups excluding carboxylic acids is 1. The van der Waals surface area contributed by atoms with E-state index in [0.29, 0.717) is 0 Å². The van der Waals surface area contributed by atoms with Gasteiger partial charge in [-0.25, -0.2) is 9.97 Å². The first-order chi connectivity index (χ1) is 10.3. The third-order valence-electron chi connectivity index (χ3n) is 2.37. The Hall–Kier alpha value is -2.36. The Morgan fingerprint density at radius 3 is 2.77 bits per heavy atom. The molecule has 0 unspecified atom stereocenters. The largest absolute Gasteiger partial charge is 0.416 e. The van der Waals surface area contributed by atoms with Crippen LogP contribution in [0.15, 0.2) is 35.7 Å². The zero-order chi connectivity index (χ0) is 16.2. The fraction of sp³-hybridized carbons (Fsp3) is 0.167. The monoisotopic (exact) mass is 329 g/mol. The maximum atomic E-state index is 12.6. The fourth-order valence-corrected chi connectivity index (χ4v) is 2.08. The molecule has 0 saturated heterocycles. The molecule has 3 N–H and O–H groups in total. The quantitative estimate of drug-likeness (QED) is 0.835. The molecule has 0 spiro atoms. The molecule has 6 nitrogen and oxygen atoms in total. The number of alkyl halides is 3. The van der Waals surface area contributed by atoms with Crippen molar-refractivity contribution >= 4 is 29.3 Å². The summed E-state index contributed by atoms with van der Waals surface area (Å²) in [5, 5.41) is 2.63. The fourth-order valence-electron chi connectivity index (χ4n) is 1.46. The summed E-state index contributed by atoms with van der Waals surface area (Å²) in [6.45, 7) is 0. The van der Waals surface area contributed by atoms with Crippen LogP contribution in [0.25, 0.3) is 0 Å². The minimum Gasteiger partial charge on any atom is -0.368 e. The molecular weight excluding hydrogens is 319 g/mol. The molecule has 0 bridgehead atoms. The van der Waals surface area contributed by atoms with Gasteiger partial charge in [0.25, 0.3) is 0 Å². The average Bonchev–Trinajstić information content (AvgIpc) is 2.45. The lowest BCUT2D eigenvalue weighted by Crippen LogP contribution is -2.15. The zero-order valence-electron chi connectivity index (χ0n) is 11.0. The summed E-state index contributed by atoms with van der Waals surface area (Å²) in [6, 6.07) is 4.39. The van der Waals surface area contributed by atoms with Crippen LogP contribution in [0.1, 0.15) is 5.56 Å². The van der Waals surface area contributed by atoms with E-state index >= 15 is 0 Å². The van der Waals surface area contributed by atoms with Gasteiger partial charge in [0.2, 0.25) is 11.9 Å². The molecule has 0 saturated carbocycles. The van der Waals surface area contributed by atoms with Gasteiger partial charge in [-0.05, 0) is 18.2 Å². The van der Waals surface area contributed by atoms with Crippen molar-refractivity contribution in [1.82, 2.24) is 15.0 Å². The van der Waals surface area contributed by atoms with E-state index in [0.717, 1.165) is 23.9 Å². The van der Waals surface area contributed by atoms with Crippen molar-refractivity contribution in [2.45, 2.75) is 11.3 Å². The van der Waals surface area contributed by atoms with Gasteiger partial charge in [-0.3, -0.25) is 4.79 Å². The van der Waals surface area contributed by atoms with Gasteiger partial charge in [0.05, 0.1) is 11.3 Å². The highest BCUT2D eigenvalue weighted by molar-refractivity contribution is 7.99. The van der Waals surface area contributed by atoms with E-state index in [9.17, 15) is 18.0 Å². The second-order valence-corrected chi connectivity index (χ2v) is 4.98. The summed E-state index contributed by atoms with van der Waals surface area (Å²) >= 11 is 0.995. The SMILES string of the molecule is Nc1ncnc(SCC(=O)Nc2cccc(C(F)(F)F)c2)n1. The number of nitrogen functional groups attached to an aromatic ring is 1. The minimum absolute atomic E-state index is 0.0239. The Labute approximate surface area is 127 Å². The standard InChI is InChI=1S/C12H10F3N5OS/c13-12(14,15)7-2-1-3-8(4-7)19-9(21)5-22-11-18-6-17-10(16)20-11/h1-4,6H,5H2,(H,19,21)(H2,16,17,18,20). The first-order valence-corrected chi connectivity index (χ1v) is 6.87. The minimum atomic E-state index is -4.46. The van der Waals surface area contributed by atoms with Gasteiger partial charge < -0.3 is 11.1 Å². The van der Waals surface area contributed by atoms with Gasteiger partial charge in [0, 0.05) is 5.69 Å². The summed E-state index contributed by atoms with van der Waals surface area (Å²) in [5.41, 5.74) is 4.60.